The maximum atomic E-state index is 11.3. The van der Waals surface area contributed by atoms with Crippen molar-refractivity contribution < 1.29 is 13.2 Å². The molecule has 0 spiro atoms. The zero-order valence-corrected chi connectivity index (χ0v) is 9.01. The van der Waals surface area contributed by atoms with Crippen molar-refractivity contribution in [2.24, 2.45) is 0 Å². The molecule has 1 rings (SSSR count). The molecule has 0 aliphatic carbocycles. The molecule has 0 radical (unpaired) electrons. The Morgan fingerprint density at radius 2 is 2.15 bits per heavy atom. The van der Waals surface area contributed by atoms with E-state index in [-0.39, 0.29) is 6.04 Å². The first-order chi connectivity index (χ1) is 6.05. The quantitative estimate of drug-likeness (QED) is 0.675. The topological polar surface area (TPSA) is 46.6 Å². The predicted octanol–water partition coefficient (Wildman–Crippen LogP) is 0.447. The Morgan fingerprint density at radius 3 is 2.69 bits per heavy atom. The Balaban J connectivity index is 2.67. The summed E-state index contributed by atoms with van der Waals surface area (Å²) in [7, 11) is -1.44. The highest BCUT2D eigenvalue weighted by molar-refractivity contribution is 7.88. The minimum atomic E-state index is -3.04. The fraction of sp³-hybridized carbons (Fsp3) is 1.00. The van der Waals surface area contributed by atoms with Gasteiger partial charge in [-0.1, -0.05) is 6.42 Å². The molecule has 0 aromatic rings. The molecule has 0 aromatic carbocycles. The molecule has 0 amide bonds. The van der Waals surface area contributed by atoms with Gasteiger partial charge in [0.1, 0.15) is 0 Å². The van der Waals surface area contributed by atoms with Gasteiger partial charge in [0.05, 0.1) is 12.9 Å². The van der Waals surface area contributed by atoms with Gasteiger partial charge in [-0.25, -0.2) is 8.42 Å². The maximum absolute atomic E-state index is 11.3. The highest BCUT2D eigenvalue weighted by Gasteiger charge is 2.28. The van der Waals surface area contributed by atoms with Crippen LogP contribution in [0.1, 0.15) is 19.3 Å². The van der Waals surface area contributed by atoms with Crippen molar-refractivity contribution in [3.63, 3.8) is 0 Å². The lowest BCUT2D eigenvalue weighted by atomic mass is 10.1. The lowest BCUT2D eigenvalue weighted by molar-refractivity contribution is 0.113. The molecule has 1 heterocycles. The van der Waals surface area contributed by atoms with Crippen LogP contribution in [0.4, 0.5) is 0 Å². The molecule has 0 bridgehead atoms. The number of sulfonamides is 1. The predicted molar refractivity (Wildman–Crippen MR) is 51.1 cm³/mol. The SMILES string of the molecule is COCC1CCCCN1S(C)(=O)=O. The molecule has 0 aromatic heterocycles. The van der Waals surface area contributed by atoms with Crippen LogP contribution in [0.2, 0.25) is 0 Å². The van der Waals surface area contributed by atoms with Crippen LogP contribution in [0, 0.1) is 0 Å². The number of piperidine rings is 1. The van der Waals surface area contributed by atoms with Crippen LogP contribution in [0.25, 0.3) is 0 Å². The Kier molecular flexibility index (Phi) is 3.70. The van der Waals surface area contributed by atoms with E-state index in [4.69, 9.17) is 4.74 Å². The highest BCUT2D eigenvalue weighted by atomic mass is 32.2. The van der Waals surface area contributed by atoms with Crippen molar-refractivity contribution in [3.05, 3.63) is 0 Å². The monoisotopic (exact) mass is 207 g/mol. The van der Waals surface area contributed by atoms with Crippen LogP contribution in [0.3, 0.4) is 0 Å². The third-order valence-electron chi connectivity index (χ3n) is 2.36. The molecule has 1 unspecified atom stereocenters. The summed E-state index contributed by atoms with van der Waals surface area (Å²) in [5.41, 5.74) is 0. The molecule has 4 nitrogen and oxygen atoms in total. The van der Waals surface area contributed by atoms with Gasteiger partial charge < -0.3 is 4.74 Å². The van der Waals surface area contributed by atoms with Gasteiger partial charge in [-0.15, -0.1) is 0 Å². The standard InChI is InChI=1S/C8H17NO3S/c1-12-7-8-5-3-4-6-9(8)13(2,10)11/h8H,3-7H2,1-2H3. The number of hydrogen-bond acceptors (Lipinski definition) is 3. The fourth-order valence-electron chi connectivity index (χ4n) is 1.77. The minimum Gasteiger partial charge on any atom is -0.383 e. The molecule has 1 atom stereocenters. The van der Waals surface area contributed by atoms with Crippen LogP contribution in [0.5, 0.6) is 0 Å². The van der Waals surface area contributed by atoms with E-state index in [1.165, 1.54) is 6.26 Å². The summed E-state index contributed by atoms with van der Waals surface area (Å²) in [4.78, 5) is 0. The summed E-state index contributed by atoms with van der Waals surface area (Å²) in [5, 5.41) is 0. The summed E-state index contributed by atoms with van der Waals surface area (Å²) in [6.45, 7) is 1.15. The molecule has 0 saturated carbocycles. The van der Waals surface area contributed by atoms with E-state index in [9.17, 15) is 8.42 Å². The van der Waals surface area contributed by atoms with Crippen molar-refractivity contribution in [3.8, 4) is 0 Å². The second-order valence-corrected chi connectivity index (χ2v) is 5.41. The molecule has 1 aliphatic heterocycles. The normalized spacial score (nSPS) is 26.2. The molecule has 13 heavy (non-hydrogen) atoms. The van der Waals surface area contributed by atoms with E-state index in [1.807, 2.05) is 0 Å². The molecular weight excluding hydrogens is 190 g/mol. The zero-order valence-electron chi connectivity index (χ0n) is 8.19. The van der Waals surface area contributed by atoms with Gasteiger partial charge in [0.15, 0.2) is 0 Å². The number of nitrogens with zero attached hydrogens (tertiary/aromatic N) is 1. The summed E-state index contributed by atoms with van der Waals surface area (Å²) >= 11 is 0. The third-order valence-corrected chi connectivity index (χ3v) is 3.69. The van der Waals surface area contributed by atoms with E-state index in [0.717, 1.165) is 19.3 Å². The van der Waals surface area contributed by atoms with Crippen LogP contribution < -0.4 is 0 Å². The summed E-state index contributed by atoms with van der Waals surface area (Å²) in [6.07, 6.45) is 4.25. The van der Waals surface area contributed by atoms with Gasteiger partial charge >= 0.3 is 0 Å². The smallest absolute Gasteiger partial charge is 0.211 e. The number of ether oxygens (including phenoxy) is 1. The van der Waals surface area contributed by atoms with E-state index in [2.05, 4.69) is 0 Å². The van der Waals surface area contributed by atoms with Gasteiger partial charge in [-0.2, -0.15) is 4.31 Å². The van der Waals surface area contributed by atoms with Gasteiger partial charge in [-0.3, -0.25) is 0 Å². The van der Waals surface area contributed by atoms with E-state index >= 15 is 0 Å². The second-order valence-electron chi connectivity index (χ2n) is 3.48. The van der Waals surface area contributed by atoms with Crippen LogP contribution in [-0.4, -0.2) is 45.3 Å². The van der Waals surface area contributed by atoms with Crippen LogP contribution in [0.15, 0.2) is 0 Å². The lowest BCUT2D eigenvalue weighted by Gasteiger charge is -2.32. The Morgan fingerprint density at radius 1 is 1.46 bits per heavy atom. The van der Waals surface area contributed by atoms with Crippen molar-refractivity contribution in [1.29, 1.82) is 0 Å². The van der Waals surface area contributed by atoms with Crippen molar-refractivity contribution in [2.75, 3.05) is 26.5 Å². The molecule has 1 fully saturated rings. The average Bonchev–Trinajstić information content (AvgIpc) is 2.04. The summed E-state index contributed by atoms with van der Waals surface area (Å²) in [5.74, 6) is 0. The van der Waals surface area contributed by atoms with Gasteiger partial charge in [0.25, 0.3) is 0 Å². The summed E-state index contributed by atoms with van der Waals surface area (Å²) in [6, 6.07) is 0.0498. The molecule has 0 N–H and O–H groups in total. The minimum absolute atomic E-state index is 0.0498. The second kappa shape index (κ2) is 4.39. The van der Waals surface area contributed by atoms with E-state index in [0.29, 0.717) is 13.2 Å². The Hall–Kier alpha value is -0.130. The van der Waals surface area contributed by atoms with Crippen molar-refractivity contribution in [1.82, 2.24) is 4.31 Å². The molecule has 1 aliphatic rings. The molecule has 1 saturated heterocycles. The summed E-state index contributed by atoms with van der Waals surface area (Å²) < 4.78 is 29.2. The first-order valence-electron chi connectivity index (χ1n) is 4.51. The largest absolute Gasteiger partial charge is 0.383 e. The fourth-order valence-corrected chi connectivity index (χ4v) is 2.94. The van der Waals surface area contributed by atoms with Crippen molar-refractivity contribution in [2.45, 2.75) is 25.3 Å². The van der Waals surface area contributed by atoms with Gasteiger partial charge in [0, 0.05) is 19.7 Å². The molecular formula is C8H17NO3S. The lowest BCUT2D eigenvalue weighted by Crippen LogP contribution is -2.45. The Labute approximate surface area is 79.9 Å². The van der Waals surface area contributed by atoms with Gasteiger partial charge in [0.2, 0.25) is 10.0 Å². The average molecular weight is 207 g/mol. The van der Waals surface area contributed by atoms with Crippen molar-refractivity contribution >= 4 is 10.0 Å². The zero-order chi connectivity index (χ0) is 9.90. The number of methoxy groups -OCH3 is 1. The Bertz CT molecular complexity index is 248. The first kappa shape index (κ1) is 10.9. The number of rotatable bonds is 3. The third kappa shape index (κ3) is 2.93. The first-order valence-corrected chi connectivity index (χ1v) is 6.36. The molecule has 5 heteroatoms. The van der Waals surface area contributed by atoms with E-state index < -0.39 is 10.0 Å². The maximum Gasteiger partial charge on any atom is 0.211 e. The molecule has 78 valence electrons. The number of hydrogen-bond donors (Lipinski definition) is 0. The van der Waals surface area contributed by atoms with E-state index in [1.54, 1.807) is 11.4 Å². The van der Waals surface area contributed by atoms with Crippen LogP contribution in [-0.2, 0) is 14.8 Å². The highest BCUT2D eigenvalue weighted by Crippen LogP contribution is 2.19. The van der Waals surface area contributed by atoms with Crippen LogP contribution >= 0.6 is 0 Å². The van der Waals surface area contributed by atoms with Gasteiger partial charge in [-0.05, 0) is 12.8 Å².